The highest BCUT2D eigenvalue weighted by atomic mass is 32.2. The Kier molecular flexibility index (Phi) is 6.32. The molecule has 0 unspecified atom stereocenters. The fourth-order valence-electron chi connectivity index (χ4n) is 3.96. The monoisotopic (exact) mass is 458 g/mol. The lowest BCUT2D eigenvalue weighted by atomic mass is 10.2. The van der Waals surface area contributed by atoms with Crippen LogP contribution in [0.15, 0.2) is 87.6 Å². The van der Waals surface area contributed by atoms with E-state index in [1.54, 1.807) is 17.8 Å². The molecule has 1 N–H and O–H groups in total. The molecule has 2 aromatic heterocycles. The molecule has 3 heterocycles. The predicted molar refractivity (Wildman–Crippen MR) is 133 cm³/mol. The number of nitrogens with one attached hydrogen (secondary N) is 1. The molecule has 33 heavy (non-hydrogen) atoms. The number of benzene rings is 2. The second-order valence-corrected chi connectivity index (χ2v) is 9.26. The summed E-state index contributed by atoms with van der Waals surface area (Å²) < 4.78 is 6.33. The second-order valence-electron chi connectivity index (χ2n) is 8.20. The number of likely N-dealkylation sites (N-methyl/N-ethyl adjacent to an activating group) is 1. The molecule has 6 nitrogen and oxygen atoms in total. The number of anilines is 1. The molecular weight excluding hydrogens is 432 g/mol. The molecule has 0 atom stereocenters. The predicted octanol–water partition coefficient (Wildman–Crippen LogP) is 4.41. The number of nitrogens with zero attached hydrogens (tertiary/aromatic N) is 3. The number of aromatic nitrogens is 2. The van der Waals surface area contributed by atoms with Gasteiger partial charge in [0.25, 0.3) is 0 Å². The Morgan fingerprint density at radius 1 is 1.00 bits per heavy atom. The summed E-state index contributed by atoms with van der Waals surface area (Å²) in [7, 11) is 2.15. The van der Waals surface area contributed by atoms with Gasteiger partial charge in [-0.2, -0.15) is 0 Å². The molecule has 0 saturated carbocycles. The standard InChI is InChI=1S/C26H26N4O2S/c1-29-12-14-30(15-13-29)22-17-27-26(16-23(22)32-18-19-6-3-2-4-7-19)33-24-9-5-8-21-20(24)10-11-25(31)28-21/h2-11,16-17H,12-15,18H2,1H3,(H,28,31). The molecule has 4 aromatic rings. The molecular formula is C26H26N4O2S. The molecule has 1 fully saturated rings. The number of fused-ring (bicyclic) bond motifs is 1. The minimum absolute atomic E-state index is 0.101. The second kappa shape index (κ2) is 9.68. The van der Waals surface area contributed by atoms with Gasteiger partial charge < -0.3 is 19.5 Å². The van der Waals surface area contributed by atoms with Crippen LogP contribution in [-0.4, -0.2) is 48.1 Å². The highest BCUT2D eigenvalue weighted by Crippen LogP contribution is 2.37. The molecule has 2 aromatic carbocycles. The first-order chi connectivity index (χ1) is 16.2. The lowest BCUT2D eigenvalue weighted by Crippen LogP contribution is -2.44. The normalized spacial score (nSPS) is 14.5. The Morgan fingerprint density at radius 2 is 1.82 bits per heavy atom. The molecule has 1 aliphatic heterocycles. The third-order valence-corrected chi connectivity index (χ3v) is 6.85. The first-order valence-electron chi connectivity index (χ1n) is 11.1. The Labute approximate surface area is 197 Å². The minimum atomic E-state index is -0.101. The molecule has 0 radical (unpaired) electrons. The number of hydrogen-bond acceptors (Lipinski definition) is 6. The van der Waals surface area contributed by atoms with Crippen molar-refractivity contribution in [3.8, 4) is 5.75 Å². The Morgan fingerprint density at radius 3 is 2.64 bits per heavy atom. The summed E-state index contributed by atoms with van der Waals surface area (Å²) in [5, 5.41) is 1.86. The number of aromatic amines is 1. The van der Waals surface area contributed by atoms with Gasteiger partial charge in [0.1, 0.15) is 17.4 Å². The summed E-state index contributed by atoms with van der Waals surface area (Å²) in [5.41, 5.74) is 2.88. The molecule has 0 aliphatic carbocycles. The lowest BCUT2D eigenvalue weighted by Gasteiger charge is -2.34. The van der Waals surface area contributed by atoms with E-state index in [1.807, 2.05) is 54.7 Å². The van der Waals surface area contributed by atoms with Crippen molar-refractivity contribution in [1.82, 2.24) is 14.9 Å². The quantitative estimate of drug-likeness (QED) is 0.462. The fourth-order valence-corrected chi connectivity index (χ4v) is 4.89. The fraction of sp³-hybridized carbons (Fsp3) is 0.231. The summed E-state index contributed by atoms with van der Waals surface area (Å²) in [6.07, 6.45) is 1.93. The smallest absolute Gasteiger partial charge is 0.248 e. The van der Waals surface area contributed by atoms with Gasteiger partial charge in [0, 0.05) is 54.1 Å². The Hall–Kier alpha value is -3.29. The van der Waals surface area contributed by atoms with Crippen LogP contribution in [0.4, 0.5) is 5.69 Å². The van der Waals surface area contributed by atoms with E-state index in [9.17, 15) is 4.79 Å². The minimum Gasteiger partial charge on any atom is -0.487 e. The SMILES string of the molecule is CN1CCN(c2cnc(Sc3cccc4[nH]c(=O)ccc34)cc2OCc2ccccc2)CC1. The van der Waals surface area contributed by atoms with Crippen molar-refractivity contribution in [3.05, 3.63) is 88.8 Å². The van der Waals surface area contributed by atoms with Crippen molar-refractivity contribution in [1.29, 1.82) is 0 Å². The highest BCUT2D eigenvalue weighted by Gasteiger charge is 2.19. The van der Waals surface area contributed by atoms with E-state index in [1.165, 1.54) is 0 Å². The van der Waals surface area contributed by atoms with Crippen LogP contribution in [0, 0.1) is 0 Å². The molecule has 5 rings (SSSR count). The van der Waals surface area contributed by atoms with E-state index in [4.69, 9.17) is 9.72 Å². The van der Waals surface area contributed by atoms with Gasteiger partial charge in [0.15, 0.2) is 0 Å². The van der Waals surface area contributed by atoms with Gasteiger partial charge in [0.05, 0.1) is 11.9 Å². The zero-order chi connectivity index (χ0) is 22.6. The number of H-pyrrole nitrogens is 1. The first kappa shape index (κ1) is 21.6. The van der Waals surface area contributed by atoms with Crippen LogP contribution in [0.5, 0.6) is 5.75 Å². The number of piperazine rings is 1. The van der Waals surface area contributed by atoms with E-state index >= 15 is 0 Å². The molecule has 168 valence electrons. The van der Waals surface area contributed by atoms with Crippen molar-refractivity contribution >= 4 is 28.4 Å². The van der Waals surface area contributed by atoms with Crippen LogP contribution in [0.2, 0.25) is 0 Å². The van der Waals surface area contributed by atoms with Crippen LogP contribution in [-0.2, 0) is 6.61 Å². The summed E-state index contributed by atoms with van der Waals surface area (Å²) in [5.74, 6) is 0.842. The zero-order valence-corrected chi connectivity index (χ0v) is 19.3. The van der Waals surface area contributed by atoms with E-state index in [-0.39, 0.29) is 5.56 Å². The number of ether oxygens (including phenoxy) is 1. The van der Waals surface area contributed by atoms with Gasteiger partial charge in [-0.3, -0.25) is 4.79 Å². The Balaban J connectivity index is 1.45. The molecule has 1 aliphatic rings. The highest BCUT2D eigenvalue weighted by molar-refractivity contribution is 7.99. The van der Waals surface area contributed by atoms with Crippen molar-refractivity contribution in [2.45, 2.75) is 16.5 Å². The maximum Gasteiger partial charge on any atom is 0.248 e. The summed E-state index contributed by atoms with van der Waals surface area (Å²) in [4.78, 5) is 25.1. The third kappa shape index (κ3) is 5.05. The molecule has 0 amide bonds. The third-order valence-electron chi connectivity index (χ3n) is 5.84. The zero-order valence-electron chi connectivity index (χ0n) is 18.5. The van der Waals surface area contributed by atoms with E-state index in [0.29, 0.717) is 6.61 Å². The van der Waals surface area contributed by atoms with Crippen molar-refractivity contribution in [3.63, 3.8) is 0 Å². The topological polar surface area (TPSA) is 61.5 Å². The summed E-state index contributed by atoms with van der Waals surface area (Å²) in [6, 6.07) is 21.6. The van der Waals surface area contributed by atoms with Gasteiger partial charge >= 0.3 is 0 Å². The molecule has 0 bridgehead atoms. The van der Waals surface area contributed by atoms with Gasteiger partial charge in [0.2, 0.25) is 5.56 Å². The first-order valence-corrected chi connectivity index (χ1v) is 11.9. The van der Waals surface area contributed by atoms with Crippen LogP contribution in [0.1, 0.15) is 5.56 Å². The van der Waals surface area contributed by atoms with Gasteiger partial charge in [-0.25, -0.2) is 4.98 Å². The van der Waals surface area contributed by atoms with E-state index in [0.717, 1.165) is 64.0 Å². The van der Waals surface area contributed by atoms with E-state index in [2.05, 4.69) is 34.0 Å². The van der Waals surface area contributed by atoms with Crippen LogP contribution < -0.4 is 15.2 Å². The molecule has 1 saturated heterocycles. The lowest BCUT2D eigenvalue weighted by molar-refractivity contribution is 0.295. The van der Waals surface area contributed by atoms with Gasteiger partial charge in [-0.15, -0.1) is 0 Å². The summed E-state index contributed by atoms with van der Waals surface area (Å²) >= 11 is 1.57. The summed E-state index contributed by atoms with van der Waals surface area (Å²) in [6.45, 7) is 4.43. The average molecular weight is 459 g/mol. The number of rotatable bonds is 6. The largest absolute Gasteiger partial charge is 0.487 e. The Bertz CT molecular complexity index is 1300. The van der Waals surface area contributed by atoms with Gasteiger partial charge in [-0.05, 0) is 30.8 Å². The van der Waals surface area contributed by atoms with Crippen LogP contribution >= 0.6 is 11.8 Å². The average Bonchev–Trinajstić information content (AvgIpc) is 2.84. The van der Waals surface area contributed by atoms with Crippen LogP contribution in [0.3, 0.4) is 0 Å². The van der Waals surface area contributed by atoms with E-state index < -0.39 is 0 Å². The maximum absolute atomic E-state index is 11.7. The molecule has 0 spiro atoms. The van der Waals surface area contributed by atoms with Gasteiger partial charge in [-0.1, -0.05) is 48.2 Å². The number of hydrogen-bond donors (Lipinski definition) is 1. The van der Waals surface area contributed by atoms with Crippen molar-refractivity contribution in [2.75, 3.05) is 38.1 Å². The van der Waals surface area contributed by atoms with Crippen molar-refractivity contribution in [2.24, 2.45) is 0 Å². The van der Waals surface area contributed by atoms with Crippen LogP contribution in [0.25, 0.3) is 10.9 Å². The van der Waals surface area contributed by atoms with Crippen molar-refractivity contribution < 1.29 is 4.74 Å². The molecule has 7 heteroatoms. The maximum atomic E-state index is 11.7. The number of pyridine rings is 2.